The van der Waals surface area contributed by atoms with Crippen molar-refractivity contribution in [3.8, 4) is 11.5 Å². The zero-order valence-electron chi connectivity index (χ0n) is 25.8. The molecule has 0 fully saturated rings. The van der Waals surface area contributed by atoms with E-state index in [1.165, 1.54) is 11.3 Å². The van der Waals surface area contributed by atoms with Crippen LogP contribution in [0.25, 0.3) is 22.7 Å². The van der Waals surface area contributed by atoms with Gasteiger partial charge in [0.2, 0.25) is 6.79 Å². The van der Waals surface area contributed by atoms with Gasteiger partial charge < -0.3 is 18.8 Å². The van der Waals surface area contributed by atoms with E-state index in [0.29, 0.717) is 38.6 Å². The number of para-hydroxylation sites is 1. The van der Waals surface area contributed by atoms with Crippen LogP contribution in [0.1, 0.15) is 35.2 Å². The third kappa shape index (κ3) is 5.36. The van der Waals surface area contributed by atoms with Crippen LogP contribution in [-0.4, -0.2) is 28.5 Å². The van der Waals surface area contributed by atoms with Crippen LogP contribution in [0.15, 0.2) is 123 Å². The topological polar surface area (TPSA) is 84.1 Å². The molecule has 2 aliphatic heterocycles. The lowest BCUT2D eigenvalue weighted by Gasteiger charge is -2.26. The van der Waals surface area contributed by atoms with Gasteiger partial charge in [0.1, 0.15) is 0 Å². The van der Waals surface area contributed by atoms with Crippen LogP contribution in [0, 0.1) is 0 Å². The summed E-state index contributed by atoms with van der Waals surface area (Å²) in [6.45, 7) is 2.72. The summed E-state index contributed by atoms with van der Waals surface area (Å²) in [6.07, 6.45) is 4.01. The van der Waals surface area contributed by atoms with Crippen molar-refractivity contribution in [1.82, 2.24) is 9.13 Å². The first-order valence-corrected chi connectivity index (χ1v) is 17.1. The Morgan fingerprint density at radius 1 is 1.00 bits per heavy atom. The van der Waals surface area contributed by atoms with E-state index in [0.717, 1.165) is 32.1 Å². The molecule has 0 spiro atoms. The van der Waals surface area contributed by atoms with Crippen molar-refractivity contribution < 1.29 is 19.0 Å². The molecule has 0 bridgehead atoms. The number of esters is 1. The maximum atomic E-state index is 14.5. The minimum absolute atomic E-state index is 0.104. The van der Waals surface area contributed by atoms with E-state index in [9.17, 15) is 9.59 Å². The number of carbonyl (C=O) groups is 1. The van der Waals surface area contributed by atoms with Gasteiger partial charge in [-0.25, -0.2) is 9.79 Å². The molecule has 0 amide bonds. The summed E-state index contributed by atoms with van der Waals surface area (Å²) in [5.41, 5.74) is 5.08. The third-order valence-electron chi connectivity index (χ3n) is 8.46. The summed E-state index contributed by atoms with van der Waals surface area (Å²) in [6, 6.07) is 30.6. The lowest BCUT2D eigenvalue weighted by molar-refractivity contribution is -0.138. The molecule has 0 radical (unpaired) electrons. The molecule has 4 aromatic carbocycles. The third-order valence-corrected chi connectivity index (χ3v) is 9.97. The highest BCUT2D eigenvalue weighted by molar-refractivity contribution is 9.10. The second kappa shape index (κ2) is 12.4. The van der Waals surface area contributed by atoms with Crippen LogP contribution >= 0.6 is 27.3 Å². The lowest BCUT2D eigenvalue weighted by atomic mass is 9.93. The minimum Gasteiger partial charge on any atom is -0.463 e. The van der Waals surface area contributed by atoms with Crippen LogP contribution in [0.3, 0.4) is 0 Å². The van der Waals surface area contributed by atoms with Gasteiger partial charge in [-0.2, -0.15) is 0 Å². The Labute approximate surface area is 287 Å². The van der Waals surface area contributed by atoms with Crippen molar-refractivity contribution in [2.24, 2.45) is 4.99 Å². The summed E-state index contributed by atoms with van der Waals surface area (Å²) < 4.78 is 22.2. The average molecular weight is 719 g/mol. The number of carbonyl (C=O) groups excluding carboxylic acids is 1. The molecule has 0 N–H and O–H groups in total. The van der Waals surface area contributed by atoms with E-state index in [1.807, 2.05) is 72.8 Å². The first-order chi connectivity index (χ1) is 23.5. The molecule has 48 heavy (non-hydrogen) atoms. The lowest BCUT2D eigenvalue weighted by Crippen LogP contribution is -2.40. The highest BCUT2D eigenvalue weighted by Crippen LogP contribution is 2.40. The van der Waals surface area contributed by atoms with Crippen LogP contribution < -0.4 is 24.4 Å². The number of nitrogens with zero attached hydrogens (tertiary/aromatic N) is 3. The maximum absolute atomic E-state index is 14.5. The summed E-state index contributed by atoms with van der Waals surface area (Å²) in [5, 5.41) is 1.03. The monoisotopic (exact) mass is 717 g/mol. The number of benzene rings is 4. The van der Waals surface area contributed by atoms with Crippen LogP contribution in [0.2, 0.25) is 0 Å². The van der Waals surface area contributed by atoms with Crippen LogP contribution in [0.4, 0.5) is 0 Å². The first-order valence-electron chi connectivity index (χ1n) is 15.5. The van der Waals surface area contributed by atoms with Crippen LogP contribution in [0.5, 0.6) is 11.5 Å². The number of thiazole rings is 1. The second-order valence-corrected chi connectivity index (χ2v) is 13.3. The van der Waals surface area contributed by atoms with Gasteiger partial charge in [-0.15, -0.1) is 0 Å². The van der Waals surface area contributed by atoms with Gasteiger partial charge in [0, 0.05) is 39.2 Å². The summed E-state index contributed by atoms with van der Waals surface area (Å²) >= 11 is 4.82. The molecule has 0 unspecified atom stereocenters. The number of aromatic nitrogens is 2. The van der Waals surface area contributed by atoms with E-state index < -0.39 is 12.0 Å². The van der Waals surface area contributed by atoms with Gasteiger partial charge in [-0.05, 0) is 54.5 Å². The van der Waals surface area contributed by atoms with Crippen molar-refractivity contribution in [1.29, 1.82) is 0 Å². The molecule has 2 aromatic heterocycles. The highest BCUT2D eigenvalue weighted by atomic mass is 79.9. The Balaban J connectivity index is 1.34. The van der Waals surface area contributed by atoms with E-state index in [2.05, 4.69) is 51.0 Å². The minimum atomic E-state index is -0.814. The molecular formula is C38H28BrN3O5S. The fourth-order valence-corrected chi connectivity index (χ4v) is 7.54. The molecule has 238 valence electrons. The first kappa shape index (κ1) is 30.2. The second-order valence-electron chi connectivity index (χ2n) is 11.4. The summed E-state index contributed by atoms with van der Waals surface area (Å²) in [7, 11) is 0. The Morgan fingerprint density at radius 2 is 1.77 bits per heavy atom. The SMILES string of the molecule is CCOC(=O)C1=C(c2ccccc2)N=c2s/c(=C/c3cn(Cc4ccc(Br)cc4)c4ccccc34)c(=O)n2[C@@H]1c1ccc2c(c1)OCO2. The highest BCUT2D eigenvalue weighted by Gasteiger charge is 2.36. The van der Waals surface area contributed by atoms with Gasteiger partial charge in [0.05, 0.1) is 28.5 Å². The quantitative estimate of drug-likeness (QED) is 0.178. The molecule has 10 heteroatoms. The number of halogens is 1. The Bertz CT molecular complexity index is 2430. The molecule has 0 aliphatic carbocycles. The number of ether oxygens (including phenoxy) is 3. The standard InChI is InChI=1S/C38H28BrN3O5S/c1-2-45-37(44)33-34(24-8-4-3-5-9-24)40-38-42(35(33)25-14-17-30-31(18-25)47-22-46-30)36(43)32(48-38)19-26-21-41(29-11-7-6-10-28(26)29)20-23-12-15-27(39)16-13-23/h3-19,21,35H,2,20,22H2,1H3/b32-19+/t35-/m1/s1. The molecular weight excluding hydrogens is 690 g/mol. The predicted molar refractivity (Wildman–Crippen MR) is 189 cm³/mol. The van der Waals surface area contributed by atoms with Gasteiger partial charge in [0.15, 0.2) is 16.3 Å². The van der Waals surface area contributed by atoms with E-state index >= 15 is 0 Å². The van der Waals surface area contributed by atoms with Crippen molar-refractivity contribution in [3.05, 3.63) is 155 Å². The molecule has 8 nitrogen and oxygen atoms in total. The van der Waals surface area contributed by atoms with Gasteiger partial charge in [0.25, 0.3) is 5.56 Å². The molecule has 8 rings (SSSR count). The zero-order chi connectivity index (χ0) is 32.8. The van der Waals surface area contributed by atoms with Gasteiger partial charge >= 0.3 is 5.97 Å². The molecule has 1 atom stereocenters. The van der Waals surface area contributed by atoms with Crippen LogP contribution in [-0.2, 0) is 16.1 Å². The van der Waals surface area contributed by atoms with Gasteiger partial charge in [-0.1, -0.05) is 94.0 Å². The molecule has 0 saturated heterocycles. The zero-order valence-corrected chi connectivity index (χ0v) is 28.2. The number of fused-ring (bicyclic) bond motifs is 3. The average Bonchev–Trinajstić information content (AvgIpc) is 3.81. The van der Waals surface area contributed by atoms with Gasteiger partial charge in [-0.3, -0.25) is 9.36 Å². The van der Waals surface area contributed by atoms with Crippen molar-refractivity contribution in [3.63, 3.8) is 0 Å². The number of hydrogen-bond acceptors (Lipinski definition) is 7. The number of rotatable bonds is 7. The van der Waals surface area contributed by atoms with Crippen molar-refractivity contribution in [2.75, 3.05) is 13.4 Å². The fraction of sp³-hybridized carbons (Fsp3) is 0.132. The van der Waals surface area contributed by atoms with E-state index in [-0.39, 0.29) is 24.5 Å². The molecule has 6 aromatic rings. The number of hydrogen-bond donors (Lipinski definition) is 0. The smallest absolute Gasteiger partial charge is 0.338 e. The Morgan fingerprint density at radius 3 is 2.58 bits per heavy atom. The molecule has 2 aliphatic rings. The maximum Gasteiger partial charge on any atom is 0.338 e. The predicted octanol–water partition coefficient (Wildman–Crippen LogP) is 6.43. The summed E-state index contributed by atoms with van der Waals surface area (Å²) in [5.74, 6) is 0.623. The Hall–Kier alpha value is -5.19. The van der Waals surface area contributed by atoms with E-state index in [4.69, 9.17) is 19.2 Å². The van der Waals surface area contributed by atoms with E-state index in [1.54, 1.807) is 17.6 Å². The van der Waals surface area contributed by atoms with Crippen molar-refractivity contribution in [2.45, 2.75) is 19.5 Å². The fourth-order valence-electron chi connectivity index (χ4n) is 6.29. The normalized spacial score (nSPS) is 15.5. The molecule has 0 saturated carbocycles. The Kier molecular flexibility index (Phi) is 7.82. The molecule has 4 heterocycles. The summed E-state index contributed by atoms with van der Waals surface area (Å²) in [4.78, 5) is 33.8. The van der Waals surface area contributed by atoms with Crippen molar-refractivity contribution >= 4 is 55.9 Å². The largest absolute Gasteiger partial charge is 0.463 e.